The smallest absolute Gasteiger partial charge is 0.0541 e. The van der Waals surface area contributed by atoms with Crippen LogP contribution in [0.5, 0.6) is 0 Å². The van der Waals surface area contributed by atoms with Crippen molar-refractivity contribution in [3.63, 3.8) is 0 Å². The zero-order valence-corrected chi connectivity index (χ0v) is 37.5. The Morgan fingerprint density at radius 2 is 0.682 bits per heavy atom. The Labute approximate surface area is 384 Å². The van der Waals surface area contributed by atoms with Crippen molar-refractivity contribution in [2.75, 3.05) is 0 Å². The van der Waals surface area contributed by atoms with Crippen LogP contribution >= 0.6 is 0 Å². The van der Waals surface area contributed by atoms with E-state index < -0.39 is 0 Å². The lowest BCUT2D eigenvalue weighted by atomic mass is 9.81. The van der Waals surface area contributed by atoms with Gasteiger partial charge >= 0.3 is 0 Å². The molecule has 2 aliphatic rings. The van der Waals surface area contributed by atoms with Gasteiger partial charge < -0.3 is 9.13 Å². The van der Waals surface area contributed by atoms with E-state index in [1.807, 2.05) is 0 Å². The minimum absolute atomic E-state index is 0.0644. The van der Waals surface area contributed by atoms with Gasteiger partial charge in [-0.05, 0) is 150 Å². The largest absolute Gasteiger partial charge is 0.309 e. The second-order valence-electron chi connectivity index (χ2n) is 19.7. The van der Waals surface area contributed by atoms with Crippen LogP contribution in [0.15, 0.2) is 206 Å². The summed E-state index contributed by atoms with van der Waals surface area (Å²) in [5.74, 6) is 0. The minimum atomic E-state index is -0.0741. The van der Waals surface area contributed by atoms with Crippen LogP contribution in [0.1, 0.15) is 49.9 Å². The molecule has 0 radical (unpaired) electrons. The van der Waals surface area contributed by atoms with Crippen molar-refractivity contribution in [2.45, 2.75) is 38.5 Å². The summed E-state index contributed by atoms with van der Waals surface area (Å²) in [6.07, 6.45) is 0. The molecule has 2 heteroatoms. The first-order valence-corrected chi connectivity index (χ1v) is 23.3. The van der Waals surface area contributed by atoms with Gasteiger partial charge in [-0.25, -0.2) is 0 Å². The highest BCUT2D eigenvalue weighted by atomic mass is 15.0. The molecule has 0 fully saturated rings. The second-order valence-corrected chi connectivity index (χ2v) is 19.7. The van der Waals surface area contributed by atoms with Gasteiger partial charge in [-0.15, -0.1) is 0 Å². The summed E-state index contributed by atoms with van der Waals surface area (Å²) in [6, 6.07) is 77.7. The molecule has 0 saturated heterocycles. The summed E-state index contributed by atoms with van der Waals surface area (Å²) in [5, 5.41) is 7.50. The monoisotopic (exact) mass is 842 g/mol. The molecule has 0 bridgehead atoms. The van der Waals surface area contributed by atoms with Gasteiger partial charge in [0.25, 0.3) is 0 Å². The second kappa shape index (κ2) is 13.3. The van der Waals surface area contributed by atoms with Gasteiger partial charge in [0.2, 0.25) is 0 Å². The highest BCUT2D eigenvalue weighted by Gasteiger charge is 2.36. The third-order valence-corrected chi connectivity index (χ3v) is 15.5. The Balaban J connectivity index is 0.938. The molecule has 10 aromatic carbocycles. The lowest BCUT2D eigenvalue weighted by Gasteiger charge is -2.22. The number of rotatable bonds is 4. The molecule has 2 aromatic heterocycles. The molecule has 0 amide bonds. The van der Waals surface area contributed by atoms with Gasteiger partial charge in [0.15, 0.2) is 0 Å². The van der Waals surface area contributed by atoms with Crippen LogP contribution in [0.2, 0.25) is 0 Å². The zero-order valence-electron chi connectivity index (χ0n) is 37.5. The summed E-state index contributed by atoms with van der Waals surface area (Å²) in [6.45, 7) is 9.46. The van der Waals surface area contributed by atoms with Crippen LogP contribution in [0.3, 0.4) is 0 Å². The number of benzene rings is 10. The maximum Gasteiger partial charge on any atom is 0.0541 e. The molecule has 2 heterocycles. The average Bonchev–Trinajstić information content (AvgIpc) is 4.01. The van der Waals surface area contributed by atoms with Gasteiger partial charge in [-0.1, -0.05) is 161 Å². The van der Waals surface area contributed by atoms with Gasteiger partial charge in [0, 0.05) is 43.7 Å². The van der Waals surface area contributed by atoms with Crippen LogP contribution in [-0.2, 0) is 10.8 Å². The number of aromatic nitrogens is 2. The highest BCUT2D eigenvalue weighted by Crippen LogP contribution is 2.51. The first-order valence-electron chi connectivity index (χ1n) is 23.3. The van der Waals surface area contributed by atoms with E-state index in [1.54, 1.807) is 0 Å². The van der Waals surface area contributed by atoms with E-state index >= 15 is 0 Å². The topological polar surface area (TPSA) is 9.86 Å². The molecule has 66 heavy (non-hydrogen) atoms. The van der Waals surface area contributed by atoms with E-state index in [-0.39, 0.29) is 10.8 Å². The van der Waals surface area contributed by atoms with Gasteiger partial charge in [0.1, 0.15) is 0 Å². The van der Waals surface area contributed by atoms with Crippen molar-refractivity contribution in [1.29, 1.82) is 0 Å². The van der Waals surface area contributed by atoms with Gasteiger partial charge in [0.05, 0.1) is 22.1 Å². The molecular formula is C64H46N2. The first kappa shape index (κ1) is 37.4. The summed E-state index contributed by atoms with van der Waals surface area (Å²) >= 11 is 0. The third-order valence-electron chi connectivity index (χ3n) is 15.5. The Hall–Kier alpha value is -7.94. The quantitative estimate of drug-likeness (QED) is 0.167. The van der Waals surface area contributed by atoms with E-state index in [9.17, 15) is 0 Å². The van der Waals surface area contributed by atoms with Crippen LogP contribution < -0.4 is 0 Å². The van der Waals surface area contributed by atoms with Crippen molar-refractivity contribution in [2.24, 2.45) is 0 Å². The number of hydrogen-bond donors (Lipinski definition) is 0. The summed E-state index contributed by atoms with van der Waals surface area (Å²) in [5.41, 5.74) is 22.9. The van der Waals surface area contributed by atoms with E-state index in [1.165, 1.54) is 133 Å². The Kier molecular flexibility index (Phi) is 7.55. The van der Waals surface area contributed by atoms with E-state index in [4.69, 9.17) is 0 Å². The van der Waals surface area contributed by atoms with Crippen LogP contribution in [0.4, 0.5) is 0 Å². The van der Waals surface area contributed by atoms with Gasteiger partial charge in [-0.2, -0.15) is 0 Å². The Bertz CT molecular complexity index is 4060. The fraction of sp³-hybridized carbons (Fsp3) is 0.0938. The van der Waals surface area contributed by atoms with Crippen LogP contribution in [0, 0.1) is 0 Å². The van der Waals surface area contributed by atoms with Gasteiger partial charge in [-0.3, -0.25) is 0 Å². The minimum Gasteiger partial charge on any atom is -0.309 e. The standard InChI is InChI=1S/C64H46N2/c1-63(2)55-18-10-7-15-47(55)49-28-22-44(37-57(49)63)43-25-32-62-54(36-43)53-35-42(24-31-61(53)65(62)45-26-21-39-13-5-6-14-40(39)33-45)41-23-30-60-52(34-41)51-17-9-12-20-59(51)66(60)46-27-29-50-48-16-8-11-19-56(48)64(3,4)58(50)38-46/h5-38H,1-4H3. The molecule has 0 N–H and O–H groups in total. The maximum absolute atomic E-state index is 2.47. The Morgan fingerprint density at radius 1 is 0.273 bits per heavy atom. The summed E-state index contributed by atoms with van der Waals surface area (Å²) in [4.78, 5) is 0. The molecule has 0 aliphatic heterocycles. The highest BCUT2D eigenvalue weighted by molar-refractivity contribution is 6.13. The average molecular weight is 843 g/mol. The molecule has 2 aliphatic carbocycles. The number of fused-ring (bicyclic) bond motifs is 13. The molecule has 0 unspecified atom stereocenters. The predicted octanol–water partition coefficient (Wildman–Crippen LogP) is 17.0. The van der Waals surface area contributed by atoms with Crippen molar-refractivity contribution in [3.05, 3.63) is 229 Å². The van der Waals surface area contributed by atoms with Crippen molar-refractivity contribution in [3.8, 4) is 55.9 Å². The normalized spacial score (nSPS) is 14.3. The molecule has 312 valence electrons. The lowest BCUT2D eigenvalue weighted by molar-refractivity contribution is 0.660. The van der Waals surface area contributed by atoms with Crippen molar-refractivity contribution in [1.82, 2.24) is 9.13 Å². The molecule has 0 spiro atoms. The number of nitrogens with zero attached hydrogens (tertiary/aromatic N) is 2. The predicted molar refractivity (Wildman–Crippen MR) is 279 cm³/mol. The van der Waals surface area contributed by atoms with Crippen molar-refractivity contribution >= 4 is 54.4 Å². The number of hydrogen-bond acceptors (Lipinski definition) is 0. The Morgan fingerprint density at radius 3 is 1.30 bits per heavy atom. The molecular weight excluding hydrogens is 797 g/mol. The molecule has 0 atom stereocenters. The fourth-order valence-corrected chi connectivity index (χ4v) is 12.1. The molecule has 14 rings (SSSR count). The van der Waals surface area contributed by atoms with Crippen molar-refractivity contribution < 1.29 is 0 Å². The zero-order chi connectivity index (χ0) is 44.1. The first-order chi connectivity index (χ1) is 32.2. The third kappa shape index (κ3) is 5.13. The molecule has 2 nitrogen and oxygen atoms in total. The molecule has 12 aromatic rings. The summed E-state index contributed by atoms with van der Waals surface area (Å²) < 4.78 is 4.93. The summed E-state index contributed by atoms with van der Waals surface area (Å²) in [7, 11) is 0. The SMILES string of the molecule is CC1(C)c2ccccc2-c2ccc(-c3ccc4c(c3)c3cc(-c5ccc6c(c5)c5ccccc5n6-c5ccc6c(c5)C(C)(C)c5ccccc5-6)ccc3n4-c3ccc4ccccc4c3)cc21. The van der Waals surface area contributed by atoms with Crippen LogP contribution in [0.25, 0.3) is 110 Å². The maximum atomic E-state index is 2.47. The fourth-order valence-electron chi connectivity index (χ4n) is 12.1. The lowest BCUT2D eigenvalue weighted by Crippen LogP contribution is -2.15. The molecule has 0 saturated carbocycles. The van der Waals surface area contributed by atoms with E-state index in [2.05, 4.69) is 243 Å². The van der Waals surface area contributed by atoms with E-state index in [0.717, 1.165) is 0 Å². The van der Waals surface area contributed by atoms with Crippen LogP contribution in [-0.4, -0.2) is 9.13 Å². The number of para-hydroxylation sites is 1. The van der Waals surface area contributed by atoms with E-state index in [0.29, 0.717) is 0 Å².